The third kappa shape index (κ3) is 3.04. The molecule has 0 unspecified atom stereocenters. The van der Waals surface area contributed by atoms with Crippen molar-refractivity contribution in [3.63, 3.8) is 0 Å². The minimum absolute atomic E-state index is 0.0612. The lowest BCUT2D eigenvalue weighted by Gasteiger charge is -2.45. The molecule has 0 spiro atoms. The molecule has 0 amide bonds. The Balaban J connectivity index is 1.69. The monoisotopic (exact) mass is 355 g/mol. The number of aromatic amines is 1. The summed E-state index contributed by atoms with van der Waals surface area (Å²) in [7, 11) is 0. The van der Waals surface area contributed by atoms with Gasteiger partial charge in [0.1, 0.15) is 17.7 Å². The molecule has 1 aliphatic heterocycles. The first-order valence-electron chi connectivity index (χ1n) is 9.30. The average Bonchev–Trinajstić information content (AvgIpc) is 3.33. The number of hydrogen-bond acceptors (Lipinski definition) is 5. The van der Waals surface area contributed by atoms with E-state index < -0.39 is 5.79 Å². The summed E-state index contributed by atoms with van der Waals surface area (Å²) in [6, 6.07) is 9.95. The van der Waals surface area contributed by atoms with Crippen molar-refractivity contribution in [1.29, 1.82) is 0 Å². The Labute approximate surface area is 152 Å². The van der Waals surface area contributed by atoms with Crippen molar-refractivity contribution in [2.75, 3.05) is 13.2 Å². The van der Waals surface area contributed by atoms with E-state index in [0.717, 1.165) is 30.2 Å². The number of H-pyrrole nitrogens is 1. The number of hydrogen-bond donors (Lipinski definition) is 1. The normalized spacial score (nSPS) is 26.4. The van der Waals surface area contributed by atoms with Gasteiger partial charge < -0.3 is 13.9 Å². The lowest BCUT2D eigenvalue weighted by Crippen LogP contribution is -2.49. The summed E-state index contributed by atoms with van der Waals surface area (Å²) in [6.07, 6.45) is 5.15. The van der Waals surface area contributed by atoms with E-state index in [0.29, 0.717) is 31.2 Å². The van der Waals surface area contributed by atoms with E-state index in [2.05, 4.69) is 29.0 Å². The lowest BCUT2D eigenvalue weighted by atomic mass is 9.81. The summed E-state index contributed by atoms with van der Waals surface area (Å²) in [5, 5.41) is 7.90. The van der Waals surface area contributed by atoms with E-state index in [1.165, 1.54) is 6.33 Å². The second-order valence-corrected chi connectivity index (χ2v) is 7.19. The van der Waals surface area contributed by atoms with Gasteiger partial charge in [-0.15, -0.1) is 0 Å². The minimum atomic E-state index is -0.981. The second kappa shape index (κ2) is 6.85. The van der Waals surface area contributed by atoms with Crippen molar-refractivity contribution >= 4 is 11.0 Å². The van der Waals surface area contributed by atoms with Crippen molar-refractivity contribution in [2.45, 2.75) is 45.3 Å². The van der Waals surface area contributed by atoms with Gasteiger partial charge >= 0.3 is 0 Å². The molecule has 4 rings (SSSR count). The number of benzene rings is 1. The third-order valence-electron chi connectivity index (χ3n) is 5.42. The van der Waals surface area contributed by atoms with Gasteiger partial charge in [-0.05, 0) is 25.0 Å². The standard InChI is InChI=1S/C20H25N3O3/c1-3-9-19(4-2)12-24-20(25-13-19,11-18-21-14-22-23-18)17-10-15-7-5-6-8-16(15)26-17/h5-8,10,14H,3-4,9,11-13H2,1-2H3,(H,21,22,23). The molecule has 0 atom stereocenters. The number of aromatic nitrogens is 3. The van der Waals surface area contributed by atoms with Crippen LogP contribution in [0.15, 0.2) is 41.1 Å². The zero-order chi connectivity index (χ0) is 18.0. The molecule has 138 valence electrons. The molecule has 2 aromatic heterocycles. The molecule has 1 aliphatic rings. The van der Waals surface area contributed by atoms with Gasteiger partial charge in [-0.1, -0.05) is 38.5 Å². The smallest absolute Gasteiger partial charge is 0.235 e. The topological polar surface area (TPSA) is 73.2 Å². The van der Waals surface area contributed by atoms with Crippen molar-refractivity contribution in [2.24, 2.45) is 5.41 Å². The van der Waals surface area contributed by atoms with Crippen LogP contribution in [0, 0.1) is 5.41 Å². The third-order valence-corrected chi connectivity index (χ3v) is 5.42. The van der Waals surface area contributed by atoms with Crippen LogP contribution in [0.1, 0.15) is 44.7 Å². The van der Waals surface area contributed by atoms with Crippen molar-refractivity contribution in [3.05, 3.63) is 48.2 Å². The first kappa shape index (κ1) is 17.2. The summed E-state index contributed by atoms with van der Waals surface area (Å²) in [5.74, 6) is 0.409. The van der Waals surface area contributed by atoms with Crippen LogP contribution in [0.5, 0.6) is 0 Å². The zero-order valence-corrected chi connectivity index (χ0v) is 15.3. The zero-order valence-electron chi connectivity index (χ0n) is 15.3. The summed E-state index contributed by atoms with van der Waals surface area (Å²) in [5.41, 5.74) is 0.888. The molecule has 0 aliphatic carbocycles. The number of fused-ring (bicyclic) bond motifs is 1. The molecule has 0 bridgehead atoms. The van der Waals surface area contributed by atoms with Gasteiger partial charge in [0.2, 0.25) is 5.79 Å². The predicted octanol–water partition coefficient (Wildman–Crippen LogP) is 4.19. The summed E-state index contributed by atoms with van der Waals surface area (Å²) in [4.78, 5) is 4.26. The van der Waals surface area contributed by atoms with Crippen LogP contribution in [-0.4, -0.2) is 28.4 Å². The van der Waals surface area contributed by atoms with E-state index >= 15 is 0 Å². The van der Waals surface area contributed by atoms with Crippen LogP contribution >= 0.6 is 0 Å². The van der Waals surface area contributed by atoms with Crippen LogP contribution in [0.4, 0.5) is 0 Å². The van der Waals surface area contributed by atoms with E-state index in [9.17, 15) is 0 Å². The molecule has 3 aromatic rings. The Morgan fingerprint density at radius 3 is 2.62 bits per heavy atom. The largest absolute Gasteiger partial charge is 0.455 e. The summed E-state index contributed by atoms with van der Waals surface area (Å²) < 4.78 is 18.9. The Morgan fingerprint density at radius 2 is 1.96 bits per heavy atom. The number of nitrogens with zero attached hydrogens (tertiary/aromatic N) is 2. The first-order valence-corrected chi connectivity index (χ1v) is 9.30. The number of rotatable bonds is 6. The van der Waals surface area contributed by atoms with Crippen molar-refractivity contribution in [1.82, 2.24) is 15.2 Å². The Bertz CT molecular complexity index is 815. The molecule has 1 N–H and O–H groups in total. The minimum Gasteiger partial charge on any atom is -0.455 e. The van der Waals surface area contributed by atoms with Crippen LogP contribution in [0.25, 0.3) is 11.0 Å². The highest BCUT2D eigenvalue weighted by Crippen LogP contribution is 2.43. The Morgan fingerprint density at radius 1 is 1.15 bits per heavy atom. The fourth-order valence-electron chi connectivity index (χ4n) is 3.72. The van der Waals surface area contributed by atoms with Gasteiger partial charge in [-0.3, -0.25) is 5.10 Å². The van der Waals surface area contributed by atoms with Crippen LogP contribution in [0.2, 0.25) is 0 Å². The highest BCUT2D eigenvalue weighted by atomic mass is 16.7. The summed E-state index contributed by atoms with van der Waals surface area (Å²) >= 11 is 0. The van der Waals surface area contributed by atoms with Crippen molar-refractivity contribution in [3.8, 4) is 0 Å². The maximum atomic E-state index is 6.41. The molecular formula is C20H25N3O3. The van der Waals surface area contributed by atoms with Gasteiger partial charge in [-0.2, -0.15) is 5.10 Å². The molecule has 0 saturated carbocycles. The van der Waals surface area contributed by atoms with E-state index in [1.807, 2.05) is 30.3 Å². The molecule has 26 heavy (non-hydrogen) atoms. The molecular weight excluding hydrogens is 330 g/mol. The molecule has 3 heterocycles. The molecule has 1 aromatic carbocycles. The molecule has 6 heteroatoms. The van der Waals surface area contributed by atoms with E-state index in [4.69, 9.17) is 13.9 Å². The van der Waals surface area contributed by atoms with Crippen LogP contribution < -0.4 is 0 Å². The highest BCUT2D eigenvalue weighted by Gasteiger charge is 2.47. The van der Waals surface area contributed by atoms with E-state index in [-0.39, 0.29) is 5.41 Å². The fourth-order valence-corrected chi connectivity index (χ4v) is 3.72. The number of para-hydroxylation sites is 1. The Hall–Kier alpha value is -2.18. The number of ether oxygens (including phenoxy) is 2. The predicted molar refractivity (Wildman–Crippen MR) is 97.5 cm³/mol. The number of nitrogens with one attached hydrogen (secondary N) is 1. The number of furan rings is 1. The van der Waals surface area contributed by atoms with E-state index in [1.54, 1.807) is 0 Å². The molecule has 1 fully saturated rings. The molecule has 0 radical (unpaired) electrons. The molecule has 6 nitrogen and oxygen atoms in total. The highest BCUT2D eigenvalue weighted by molar-refractivity contribution is 5.77. The van der Waals surface area contributed by atoms with Crippen LogP contribution in [0.3, 0.4) is 0 Å². The molecule has 1 saturated heterocycles. The van der Waals surface area contributed by atoms with Gasteiger partial charge in [0.25, 0.3) is 0 Å². The van der Waals surface area contributed by atoms with Gasteiger partial charge in [0, 0.05) is 10.8 Å². The fraction of sp³-hybridized carbons (Fsp3) is 0.500. The summed E-state index contributed by atoms with van der Waals surface area (Å²) in [6.45, 7) is 5.69. The van der Waals surface area contributed by atoms with Gasteiger partial charge in [0.15, 0.2) is 5.76 Å². The maximum absolute atomic E-state index is 6.41. The first-order chi connectivity index (χ1) is 12.7. The van der Waals surface area contributed by atoms with Gasteiger partial charge in [-0.25, -0.2) is 4.98 Å². The average molecular weight is 355 g/mol. The van der Waals surface area contributed by atoms with Crippen LogP contribution in [-0.2, 0) is 21.7 Å². The quantitative estimate of drug-likeness (QED) is 0.718. The van der Waals surface area contributed by atoms with Crippen molar-refractivity contribution < 1.29 is 13.9 Å². The second-order valence-electron chi connectivity index (χ2n) is 7.19. The van der Waals surface area contributed by atoms with Gasteiger partial charge in [0.05, 0.1) is 19.6 Å². The lowest BCUT2D eigenvalue weighted by molar-refractivity contribution is -0.321. The Kier molecular flexibility index (Phi) is 4.54. The maximum Gasteiger partial charge on any atom is 0.235 e. The SMILES string of the molecule is CCCC1(CC)COC(Cc2ncn[nH]2)(c2cc3ccccc3o2)OC1.